The summed E-state index contributed by atoms with van der Waals surface area (Å²) in [6, 6.07) is 16.4. The lowest BCUT2D eigenvalue weighted by atomic mass is 10.0. The molecule has 4 nitrogen and oxygen atoms in total. The van der Waals surface area contributed by atoms with Crippen LogP contribution < -0.4 is 9.64 Å². The third-order valence-electron chi connectivity index (χ3n) is 4.61. The van der Waals surface area contributed by atoms with E-state index in [1.54, 1.807) is 48.5 Å². The van der Waals surface area contributed by atoms with Crippen molar-refractivity contribution in [1.82, 2.24) is 0 Å². The minimum Gasteiger partial charge on any atom is -0.496 e. The van der Waals surface area contributed by atoms with Crippen LogP contribution in [-0.2, 0) is 9.59 Å². The van der Waals surface area contributed by atoms with Crippen LogP contribution in [0.1, 0.15) is 5.56 Å². The number of para-hydroxylation sites is 1. The van der Waals surface area contributed by atoms with E-state index in [0.29, 0.717) is 21.2 Å². The van der Waals surface area contributed by atoms with Crippen molar-refractivity contribution in [2.75, 3.05) is 12.0 Å². The van der Waals surface area contributed by atoms with Crippen molar-refractivity contribution in [3.63, 3.8) is 0 Å². The summed E-state index contributed by atoms with van der Waals surface area (Å²) < 4.78 is 32.6. The Balaban J connectivity index is 1.86. The summed E-state index contributed by atoms with van der Waals surface area (Å²) in [4.78, 5) is 28.3. The van der Waals surface area contributed by atoms with Gasteiger partial charge in [0, 0.05) is 21.5 Å². The standard InChI is InChI=1S/C23H14ClF2NO3S/c1-30-19-5-3-2-4-16(19)20-21(31-15-9-6-13(24)7-10-15)23(29)27(22(20)28)14-8-11-17(25)18(26)12-14/h2-12H,1H3. The third-order valence-corrected chi connectivity index (χ3v) is 5.96. The highest BCUT2D eigenvalue weighted by atomic mass is 35.5. The Morgan fingerprint density at radius 2 is 1.61 bits per heavy atom. The minimum atomic E-state index is -1.16. The lowest BCUT2D eigenvalue weighted by Crippen LogP contribution is -2.31. The number of ether oxygens (including phenoxy) is 1. The van der Waals surface area contributed by atoms with Crippen LogP contribution in [0.2, 0.25) is 5.02 Å². The molecule has 3 aromatic rings. The van der Waals surface area contributed by atoms with Gasteiger partial charge in [0.15, 0.2) is 11.6 Å². The fraction of sp³-hybridized carbons (Fsp3) is 0.0435. The Labute approximate surface area is 186 Å². The Morgan fingerprint density at radius 1 is 0.903 bits per heavy atom. The molecule has 0 N–H and O–H groups in total. The topological polar surface area (TPSA) is 46.6 Å². The van der Waals surface area contributed by atoms with Gasteiger partial charge >= 0.3 is 0 Å². The number of rotatable bonds is 5. The monoisotopic (exact) mass is 457 g/mol. The maximum atomic E-state index is 13.8. The van der Waals surface area contributed by atoms with E-state index >= 15 is 0 Å². The van der Waals surface area contributed by atoms with Crippen molar-refractivity contribution in [3.05, 3.63) is 93.9 Å². The molecule has 0 atom stereocenters. The summed E-state index contributed by atoms with van der Waals surface area (Å²) in [5, 5.41) is 0.528. The van der Waals surface area contributed by atoms with Crippen LogP contribution in [-0.4, -0.2) is 18.9 Å². The SMILES string of the molecule is COc1ccccc1C1=C(Sc2ccc(Cl)cc2)C(=O)N(c2ccc(F)c(F)c2)C1=O. The van der Waals surface area contributed by atoms with Crippen LogP contribution in [0.4, 0.5) is 14.5 Å². The van der Waals surface area contributed by atoms with Crippen molar-refractivity contribution in [3.8, 4) is 5.75 Å². The molecule has 1 aliphatic rings. The zero-order chi connectivity index (χ0) is 22.1. The fourth-order valence-electron chi connectivity index (χ4n) is 3.17. The summed E-state index contributed by atoms with van der Waals surface area (Å²) in [6.07, 6.45) is 0. The van der Waals surface area contributed by atoms with E-state index in [-0.39, 0.29) is 16.2 Å². The number of anilines is 1. The predicted molar refractivity (Wildman–Crippen MR) is 116 cm³/mol. The lowest BCUT2D eigenvalue weighted by molar-refractivity contribution is -0.119. The zero-order valence-electron chi connectivity index (χ0n) is 16.1. The molecule has 0 unspecified atom stereocenters. The summed E-state index contributed by atoms with van der Waals surface area (Å²) in [5.41, 5.74) is 0.477. The molecule has 0 radical (unpaired) electrons. The van der Waals surface area contributed by atoms with Gasteiger partial charge in [0.05, 0.1) is 23.3 Å². The van der Waals surface area contributed by atoms with Crippen LogP contribution in [0, 0.1) is 11.6 Å². The first-order chi connectivity index (χ1) is 14.9. The van der Waals surface area contributed by atoms with E-state index in [0.717, 1.165) is 28.8 Å². The zero-order valence-corrected chi connectivity index (χ0v) is 17.6. The van der Waals surface area contributed by atoms with Crippen molar-refractivity contribution < 1.29 is 23.1 Å². The van der Waals surface area contributed by atoms with E-state index in [4.69, 9.17) is 16.3 Å². The number of thioether (sulfide) groups is 1. The first-order valence-corrected chi connectivity index (χ1v) is 10.2. The Bertz CT molecular complexity index is 1230. The van der Waals surface area contributed by atoms with E-state index in [9.17, 15) is 18.4 Å². The van der Waals surface area contributed by atoms with Gasteiger partial charge < -0.3 is 4.74 Å². The molecule has 1 aliphatic heterocycles. The van der Waals surface area contributed by atoms with Crippen molar-refractivity contribution >= 4 is 46.4 Å². The molecule has 0 aliphatic carbocycles. The number of benzene rings is 3. The Hall–Kier alpha value is -3.16. The number of imide groups is 1. The highest BCUT2D eigenvalue weighted by molar-refractivity contribution is 8.04. The molecule has 0 fully saturated rings. The number of carbonyl (C=O) groups is 2. The largest absolute Gasteiger partial charge is 0.496 e. The quantitative estimate of drug-likeness (QED) is 0.461. The molecule has 8 heteroatoms. The molecule has 0 saturated heterocycles. The highest BCUT2D eigenvalue weighted by Crippen LogP contribution is 2.43. The van der Waals surface area contributed by atoms with Gasteiger partial charge in [-0.15, -0.1) is 0 Å². The average molecular weight is 458 g/mol. The van der Waals surface area contributed by atoms with E-state index < -0.39 is 23.4 Å². The Kier molecular flexibility index (Phi) is 5.80. The number of amides is 2. The maximum Gasteiger partial charge on any atom is 0.272 e. The first-order valence-electron chi connectivity index (χ1n) is 9.05. The van der Waals surface area contributed by atoms with Gasteiger partial charge in [-0.1, -0.05) is 41.6 Å². The smallest absolute Gasteiger partial charge is 0.272 e. The van der Waals surface area contributed by atoms with Crippen molar-refractivity contribution in [2.45, 2.75) is 4.90 Å². The molecular formula is C23H14ClF2NO3S. The molecule has 156 valence electrons. The van der Waals surface area contributed by atoms with Gasteiger partial charge in [-0.2, -0.15) is 0 Å². The summed E-state index contributed by atoms with van der Waals surface area (Å²) in [6.45, 7) is 0. The molecule has 0 bridgehead atoms. The van der Waals surface area contributed by atoms with Gasteiger partial charge in [0.2, 0.25) is 0 Å². The van der Waals surface area contributed by atoms with E-state index in [2.05, 4.69) is 0 Å². The number of carbonyl (C=O) groups excluding carboxylic acids is 2. The van der Waals surface area contributed by atoms with Crippen molar-refractivity contribution in [1.29, 1.82) is 0 Å². The summed E-state index contributed by atoms with van der Waals surface area (Å²) in [7, 11) is 1.46. The molecule has 4 rings (SSSR count). The van der Waals surface area contributed by atoms with Gasteiger partial charge in [-0.05, 0) is 42.5 Å². The van der Waals surface area contributed by atoms with Crippen molar-refractivity contribution in [2.24, 2.45) is 0 Å². The van der Waals surface area contributed by atoms with Crippen LogP contribution in [0.3, 0.4) is 0 Å². The minimum absolute atomic E-state index is 0.0620. The average Bonchev–Trinajstić information content (AvgIpc) is 3.01. The van der Waals surface area contributed by atoms with E-state index in [1.807, 2.05) is 0 Å². The molecule has 3 aromatic carbocycles. The molecule has 31 heavy (non-hydrogen) atoms. The molecule has 0 spiro atoms. The summed E-state index contributed by atoms with van der Waals surface area (Å²) in [5.74, 6) is -3.12. The highest BCUT2D eigenvalue weighted by Gasteiger charge is 2.41. The number of methoxy groups -OCH3 is 1. The third kappa shape index (κ3) is 3.94. The first kappa shape index (κ1) is 21.1. The van der Waals surface area contributed by atoms with E-state index in [1.165, 1.54) is 13.2 Å². The van der Waals surface area contributed by atoms with Crippen LogP contribution in [0.5, 0.6) is 5.75 Å². The second-order valence-corrected chi connectivity index (χ2v) is 8.02. The van der Waals surface area contributed by atoms with Gasteiger partial charge in [0.25, 0.3) is 11.8 Å². The van der Waals surface area contributed by atoms with Gasteiger partial charge in [0.1, 0.15) is 5.75 Å². The lowest BCUT2D eigenvalue weighted by Gasteiger charge is -2.15. The second-order valence-electron chi connectivity index (χ2n) is 6.50. The predicted octanol–water partition coefficient (Wildman–Crippen LogP) is 5.70. The fourth-order valence-corrected chi connectivity index (χ4v) is 4.28. The molecule has 0 saturated carbocycles. The maximum absolute atomic E-state index is 13.8. The number of hydrogen-bond acceptors (Lipinski definition) is 4. The van der Waals surface area contributed by atoms with Crippen LogP contribution in [0.25, 0.3) is 5.57 Å². The van der Waals surface area contributed by atoms with Crippen LogP contribution in [0.15, 0.2) is 76.5 Å². The van der Waals surface area contributed by atoms with Crippen LogP contribution >= 0.6 is 23.4 Å². The van der Waals surface area contributed by atoms with Gasteiger partial charge in [-0.25, -0.2) is 13.7 Å². The number of halogens is 3. The molecular weight excluding hydrogens is 444 g/mol. The molecule has 0 aromatic heterocycles. The molecule has 1 heterocycles. The van der Waals surface area contributed by atoms with Gasteiger partial charge in [-0.3, -0.25) is 9.59 Å². The summed E-state index contributed by atoms with van der Waals surface area (Å²) >= 11 is 7.03. The normalized spacial score (nSPS) is 13.9. The number of hydrogen-bond donors (Lipinski definition) is 0. The Morgan fingerprint density at radius 3 is 2.29 bits per heavy atom. The molecule has 2 amide bonds. The second kappa shape index (κ2) is 8.53. The number of nitrogens with zero attached hydrogens (tertiary/aromatic N) is 1.